The lowest BCUT2D eigenvalue weighted by molar-refractivity contribution is 0.420. The Morgan fingerprint density at radius 2 is 0.485 bits per heavy atom. The number of nitrogens with zero attached hydrogens (tertiary/aromatic N) is 3. The molecule has 11 aromatic rings. The molecule has 5 heteroatoms. The first-order valence-corrected chi connectivity index (χ1v) is 22.1. The molecule has 314 valence electrons. The Bertz CT molecular complexity index is 3300. The summed E-state index contributed by atoms with van der Waals surface area (Å²) in [6.45, 7) is 0. The van der Waals surface area contributed by atoms with Crippen LogP contribution in [0.1, 0.15) is 0 Å². The molecule has 0 spiro atoms. The van der Waals surface area contributed by atoms with Crippen molar-refractivity contribution in [2.24, 2.45) is 0 Å². The van der Waals surface area contributed by atoms with Crippen LogP contribution in [0.15, 0.2) is 224 Å². The van der Waals surface area contributed by atoms with Crippen molar-refractivity contribution in [3.8, 4) is 101 Å². The summed E-state index contributed by atoms with van der Waals surface area (Å²) in [5.74, 6) is 3.59. The number of methoxy groups -OCH3 is 2. The number of fused-ring (bicyclic) bond motifs is 2. The lowest BCUT2D eigenvalue weighted by Crippen LogP contribution is -2.00. The van der Waals surface area contributed by atoms with Crippen LogP contribution in [-0.4, -0.2) is 29.2 Å². The minimum absolute atomic E-state index is 0.612. The minimum Gasteiger partial charge on any atom is -0.496 e. The topological polar surface area (TPSA) is 57.1 Å². The number of ether oxygens (including phenoxy) is 2. The Labute approximate surface area is 384 Å². The van der Waals surface area contributed by atoms with E-state index in [4.69, 9.17) is 24.4 Å². The van der Waals surface area contributed by atoms with E-state index in [-0.39, 0.29) is 0 Å². The van der Waals surface area contributed by atoms with Crippen LogP contribution in [0.4, 0.5) is 0 Å². The van der Waals surface area contributed by atoms with E-state index < -0.39 is 0 Å². The van der Waals surface area contributed by atoms with Gasteiger partial charge in [-0.05, 0) is 78.5 Å². The van der Waals surface area contributed by atoms with Crippen LogP contribution in [0.5, 0.6) is 11.5 Å². The van der Waals surface area contributed by atoms with Gasteiger partial charge in [0.25, 0.3) is 0 Å². The van der Waals surface area contributed by atoms with Crippen LogP contribution in [0.3, 0.4) is 0 Å². The molecule has 0 N–H and O–H groups in total. The van der Waals surface area contributed by atoms with E-state index in [9.17, 15) is 0 Å². The molecule has 0 saturated carbocycles. The summed E-state index contributed by atoms with van der Waals surface area (Å²) in [6, 6.07) is 78.4. The SMILES string of the molecule is COc1ccc(-c2ccc(-c3ccc(-c4nc(-c5ccc(-c6ccccc6)cc5)nc(-c5ccc(-c6ccc(-c7ccc(OC)c8ccccc78)cc6)cc5)n4)cc3)cc2)c2ccccc12. The van der Waals surface area contributed by atoms with E-state index >= 15 is 0 Å². The third-order valence-corrected chi connectivity index (χ3v) is 12.4. The Kier molecular flexibility index (Phi) is 10.6. The summed E-state index contributed by atoms with van der Waals surface area (Å²) in [4.78, 5) is 15.2. The second-order valence-electron chi connectivity index (χ2n) is 16.3. The van der Waals surface area contributed by atoms with Crippen molar-refractivity contribution in [1.29, 1.82) is 0 Å². The molecule has 5 nitrogen and oxygen atoms in total. The van der Waals surface area contributed by atoms with Gasteiger partial charge in [0.15, 0.2) is 17.5 Å². The van der Waals surface area contributed by atoms with Gasteiger partial charge in [0, 0.05) is 27.5 Å². The maximum Gasteiger partial charge on any atom is 0.164 e. The molecule has 1 aromatic heterocycles. The second kappa shape index (κ2) is 17.5. The lowest BCUT2D eigenvalue weighted by atomic mass is 9.95. The molecule has 1 heterocycles. The zero-order chi connectivity index (χ0) is 44.4. The van der Waals surface area contributed by atoms with Gasteiger partial charge in [-0.1, -0.05) is 212 Å². The lowest BCUT2D eigenvalue weighted by Gasteiger charge is -2.12. The highest BCUT2D eigenvalue weighted by molar-refractivity contribution is 6.01. The van der Waals surface area contributed by atoms with Gasteiger partial charge in [0.2, 0.25) is 0 Å². The van der Waals surface area contributed by atoms with E-state index in [0.29, 0.717) is 17.5 Å². The Morgan fingerprint density at radius 1 is 0.227 bits per heavy atom. The first-order chi connectivity index (χ1) is 32.6. The highest BCUT2D eigenvalue weighted by Gasteiger charge is 2.15. The fourth-order valence-corrected chi connectivity index (χ4v) is 8.92. The molecule has 0 fully saturated rings. The van der Waals surface area contributed by atoms with E-state index in [1.807, 2.05) is 30.3 Å². The van der Waals surface area contributed by atoms with Gasteiger partial charge in [-0.2, -0.15) is 0 Å². The van der Waals surface area contributed by atoms with Gasteiger partial charge < -0.3 is 9.47 Å². The van der Waals surface area contributed by atoms with Crippen molar-refractivity contribution in [2.45, 2.75) is 0 Å². The number of hydrogen-bond donors (Lipinski definition) is 0. The fraction of sp³-hybridized carbons (Fsp3) is 0.0328. The molecule has 10 aromatic carbocycles. The number of hydrogen-bond acceptors (Lipinski definition) is 5. The van der Waals surface area contributed by atoms with Gasteiger partial charge in [-0.15, -0.1) is 0 Å². The zero-order valence-electron chi connectivity index (χ0n) is 36.5. The van der Waals surface area contributed by atoms with Crippen molar-refractivity contribution >= 4 is 21.5 Å². The highest BCUT2D eigenvalue weighted by Crippen LogP contribution is 2.38. The second-order valence-corrected chi connectivity index (χ2v) is 16.3. The summed E-state index contributed by atoms with van der Waals surface area (Å²) in [5, 5.41) is 4.53. The summed E-state index contributed by atoms with van der Waals surface area (Å²) in [7, 11) is 3.44. The number of benzene rings is 10. The molecule has 0 amide bonds. The largest absolute Gasteiger partial charge is 0.496 e. The Morgan fingerprint density at radius 3 is 0.803 bits per heavy atom. The molecular weight excluding hydrogens is 807 g/mol. The smallest absolute Gasteiger partial charge is 0.164 e. The van der Waals surface area contributed by atoms with E-state index in [0.717, 1.165) is 94.2 Å². The number of aromatic nitrogens is 3. The molecule has 0 saturated heterocycles. The van der Waals surface area contributed by atoms with Crippen molar-refractivity contribution in [3.63, 3.8) is 0 Å². The van der Waals surface area contributed by atoms with Crippen molar-refractivity contribution in [3.05, 3.63) is 224 Å². The predicted molar refractivity (Wildman–Crippen MR) is 271 cm³/mol. The molecule has 0 bridgehead atoms. The van der Waals surface area contributed by atoms with Gasteiger partial charge in [-0.25, -0.2) is 15.0 Å². The van der Waals surface area contributed by atoms with Crippen molar-refractivity contribution in [2.75, 3.05) is 14.2 Å². The van der Waals surface area contributed by atoms with Crippen molar-refractivity contribution < 1.29 is 9.47 Å². The van der Waals surface area contributed by atoms with Gasteiger partial charge in [0.05, 0.1) is 14.2 Å². The maximum absolute atomic E-state index is 5.65. The zero-order valence-corrected chi connectivity index (χ0v) is 36.5. The fourth-order valence-electron chi connectivity index (χ4n) is 8.92. The van der Waals surface area contributed by atoms with E-state index in [1.165, 1.54) is 11.1 Å². The molecule has 11 rings (SSSR count). The Hall–Kier alpha value is -8.67. The van der Waals surface area contributed by atoms with Crippen LogP contribution in [0.2, 0.25) is 0 Å². The number of rotatable bonds is 10. The first-order valence-electron chi connectivity index (χ1n) is 22.1. The van der Waals surface area contributed by atoms with E-state index in [1.54, 1.807) is 14.2 Å². The molecular formula is C61H43N3O2. The van der Waals surface area contributed by atoms with Gasteiger partial charge >= 0.3 is 0 Å². The molecule has 0 unspecified atom stereocenters. The predicted octanol–water partition coefficient (Wildman–Crippen LogP) is 15.5. The van der Waals surface area contributed by atoms with Crippen LogP contribution >= 0.6 is 0 Å². The molecule has 0 radical (unpaired) electrons. The highest BCUT2D eigenvalue weighted by atomic mass is 16.5. The summed E-state index contributed by atoms with van der Waals surface area (Å²) < 4.78 is 11.3. The van der Waals surface area contributed by atoms with Gasteiger partial charge in [-0.3, -0.25) is 0 Å². The van der Waals surface area contributed by atoms with Crippen molar-refractivity contribution in [1.82, 2.24) is 15.0 Å². The van der Waals surface area contributed by atoms with E-state index in [2.05, 4.69) is 194 Å². The minimum atomic E-state index is 0.612. The molecule has 0 aliphatic rings. The van der Waals surface area contributed by atoms with Gasteiger partial charge in [0.1, 0.15) is 11.5 Å². The molecule has 0 aliphatic carbocycles. The maximum atomic E-state index is 5.65. The van der Waals surface area contributed by atoms with Crippen LogP contribution < -0.4 is 9.47 Å². The average Bonchev–Trinajstić information content (AvgIpc) is 3.40. The summed E-state index contributed by atoms with van der Waals surface area (Å²) >= 11 is 0. The summed E-state index contributed by atoms with van der Waals surface area (Å²) in [6.07, 6.45) is 0. The van der Waals surface area contributed by atoms with Crippen LogP contribution in [0.25, 0.3) is 111 Å². The first kappa shape index (κ1) is 40.1. The monoisotopic (exact) mass is 849 g/mol. The van der Waals surface area contributed by atoms with Crippen LogP contribution in [0, 0.1) is 0 Å². The Balaban J connectivity index is 0.899. The normalized spacial score (nSPS) is 11.2. The molecule has 0 atom stereocenters. The third kappa shape index (κ3) is 7.73. The third-order valence-electron chi connectivity index (χ3n) is 12.4. The molecule has 0 aliphatic heterocycles. The standard InChI is InChI=1S/C61H43N3O2/c1-65-57-38-36-51(53-12-6-8-14-55(53)57)46-26-16-42(17-27-46)44-22-32-49(33-23-44)60-62-59(48-30-20-41(21-31-48)40-10-4-3-5-11-40)63-61(64-60)50-34-24-45(25-35-50)43-18-28-47(29-19-43)52-37-39-58(66-2)56-15-9-7-13-54(52)56/h3-39H,1-2H3. The van der Waals surface area contributed by atoms with Crippen LogP contribution in [-0.2, 0) is 0 Å². The summed E-state index contributed by atoms with van der Waals surface area (Å²) in [5.41, 5.74) is 14.2. The average molecular weight is 850 g/mol. The molecule has 66 heavy (non-hydrogen) atoms. The quantitative estimate of drug-likeness (QED) is 0.137.